The van der Waals surface area contributed by atoms with Gasteiger partial charge >= 0.3 is 0 Å². The molecule has 6 nitrogen and oxygen atoms in total. The number of amides is 1. The van der Waals surface area contributed by atoms with Crippen molar-refractivity contribution in [3.05, 3.63) is 93.8 Å². The van der Waals surface area contributed by atoms with Crippen LogP contribution in [0.4, 0.5) is 5.69 Å². The molecule has 0 aliphatic rings. The maximum atomic E-state index is 13.6. The molecule has 7 heteroatoms. The van der Waals surface area contributed by atoms with Crippen molar-refractivity contribution in [1.29, 1.82) is 0 Å². The van der Waals surface area contributed by atoms with Gasteiger partial charge in [0.15, 0.2) is 5.16 Å². The number of anilines is 1. The quantitative estimate of drug-likeness (QED) is 0.263. The number of nitrogens with one attached hydrogen (secondary N) is 2. The van der Waals surface area contributed by atoms with E-state index in [-0.39, 0.29) is 17.2 Å². The maximum Gasteiger partial charge on any atom is 0.283 e. The van der Waals surface area contributed by atoms with Gasteiger partial charge < -0.3 is 10.3 Å². The molecule has 34 heavy (non-hydrogen) atoms. The molecule has 0 atom stereocenters. The lowest BCUT2D eigenvalue weighted by atomic mass is 10.1. The highest BCUT2D eigenvalue weighted by Gasteiger charge is 2.18. The minimum absolute atomic E-state index is 0.125. The monoisotopic (exact) mass is 468 g/mol. The Bertz CT molecular complexity index is 1580. The molecule has 2 heterocycles. The van der Waals surface area contributed by atoms with Crippen LogP contribution >= 0.6 is 11.8 Å². The number of carbonyl (C=O) groups excluding carboxylic acids is 1. The Balaban J connectivity index is 1.54. The minimum Gasteiger partial charge on any atom is -0.349 e. The number of benzene rings is 3. The highest BCUT2D eigenvalue weighted by molar-refractivity contribution is 7.99. The van der Waals surface area contributed by atoms with E-state index in [1.54, 1.807) is 4.57 Å². The number of hydrogen-bond donors (Lipinski definition) is 2. The first-order valence-corrected chi connectivity index (χ1v) is 12.0. The average Bonchev–Trinajstić information content (AvgIpc) is 3.20. The van der Waals surface area contributed by atoms with Gasteiger partial charge in [0.2, 0.25) is 5.91 Å². The van der Waals surface area contributed by atoms with Gasteiger partial charge in [0, 0.05) is 16.6 Å². The van der Waals surface area contributed by atoms with E-state index in [1.807, 2.05) is 75.4 Å². The Hall–Kier alpha value is -3.84. The van der Waals surface area contributed by atoms with E-state index >= 15 is 0 Å². The summed E-state index contributed by atoms with van der Waals surface area (Å²) in [5, 5.41) is 4.39. The van der Waals surface area contributed by atoms with E-state index in [4.69, 9.17) is 4.98 Å². The predicted octanol–water partition coefficient (Wildman–Crippen LogP) is 5.52. The number of hydrogen-bond acceptors (Lipinski definition) is 4. The summed E-state index contributed by atoms with van der Waals surface area (Å²) in [4.78, 5) is 34.5. The molecule has 5 rings (SSSR count). The Morgan fingerprint density at radius 2 is 1.68 bits per heavy atom. The van der Waals surface area contributed by atoms with E-state index in [0.717, 1.165) is 33.3 Å². The standard InChI is InChI=1S/C27H24N4O2S/c1-16-13-17(2)23(18(3)14-16)29-22(32)15-34-27-30-24-20-11-7-8-12-21(20)28-25(24)26(33)31(27)19-9-5-4-6-10-19/h4-14,28H,15H2,1-3H3,(H,29,32). The fourth-order valence-electron chi connectivity index (χ4n) is 4.33. The summed E-state index contributed by atoms with van der Waals surface area (Å²) in [5.41, 5.74) is 6.46. The first-order chi connectivity index (χ1) is 16.4. The van der Waals surface area contributed by atoms with Crippen LogP contribution in [0.5, 0.6) is 0 Å². The van der Waals surface area contributed by atoms with Crippen LogP contribution < -0.4 is 10.9 Å². The second kappa shape index (κ2) is 8.83. The predicted molar refractivity (Wildman–Crippen MR) is 139 cm³/mol. The number of para-hydroxylation sites is 2. The summed E-state index contributed by atoms with van der Waals surface area (Å²) in [6, 6.07) is 21.2. The van der Waals surface area contributed by atoms with Gasteiger partial charge in [-0.15, -0.1) is 0 Å². The number of thioether (sulfide) groups is 1. The van der Waals surface area contributed by atoms with Gasteiger partial charge in [-0.1, -0.05) is 65.9 Å². The third kappa shape index (κ3) is 3.99. The largest absolute Gasteiger partial charge is 0.349 e. The fourth-order valence-corrected chi connectivity index (χ4v) is 5.13. The van der Waals surface area contributed by atoms with E-state index in [0.29, 0.717) is 21.9 Å². The summed E-state index contributed by atoms with van der Waals surface area (Å²) >= 11 is 1.25. The van der Waals surface area contributed by atoms with E-state index < -0.39 is 0 Å². The molecule has 2 N–H and O–H groups in total. The highest BCUT2D eigenvalue weighted by Crippen LogP contribution is 2.27. The zero-order valence-electron chi connectivity index (χ0n) is 19.2. The van der Waals surface area contributed by atoms with Crippen molar-refractivity contribution in [2.75, 3.05) is 11.1 Å². The van der Waals surface area contributed by atoms with Gasteiger partial charge in [-0.2, -0.15) is 0 Å². The van der Waals surface area contributed by atoms with E-state index in [9.17, 15) is 9.59 Å². The van der Waals surface area contributed by atoms with Crippen LogP contribution in [0, 0.1) is 20.8 Å². The number of fused-ring (bicyclic) bond motifs is 3. The summed E-state index contributed by atoms with van der Waals surface area (Å²) in [6.07, 6.45) is 0. The summed E-state index contributed by atoms with van der Waals surface area (Å²) in [5.74, 6) is -0.0205. The van der Waals surface area contributed by atoms with Crippen LogP contribution in [0.2, 0.25) is 0 Å². The van der Waals surface area contributed by atoms with Crippen LogP contribution in [-0.4, -0.2) is 26.2 Å². The molecule has 0 aliphatic carbocycles. The van der Waals surface area contributed by atoms with Crippen molar-refractivity contribution in [2.45, 2.75) is 25.9 Å². The highest BCUT2D eigenvalue weighted by atomic mass is 32.2. The fraction of sp³-hybridized carbons (Fsp3) is 0.148. The van der Waals surface area contributed by atoms with Crippen molar-refractivity contribution in [1.82, 2.24) is 14.5 Å². The van der Waals surface area contributed by atoms with Crippen LogP contribution in [-0.2, 0) is 4.79 Å². The van der Waals surface area contributed by atoms with Crippen LogP contribution in [0.25, 0.3) is 27.6 Å². The normalized spacial score (nSPS) is 11.3. The SMILES string of the molecule is Cc1cc(C)c(NC(=O)CSc2nc3c([nH]c4ccccc43)c(=O)n2-c2ccccc2)c(C)c1. The summed E-state index contributed by atoms with van der Waals surface area (Å²) < 4.78 is 1.57. The second-order valence-corrected chi connectivity index (χ2v) is 9.32. The van der Waals surface area contributed by atoms with Crippen LogP contribution in [0.15, 0.2) is 76.7 Å². The molecule has 0 unspecified atom stereocenters. The maximum absolute atomic E-state index is 13.6. The number of aryl methyl sites for hydroxylation is 3. The van der Waals surface area contributed by atoms with Crippen molar-refractivity contribution in [2.24, 2.45) is 0 Å². The van der Waals surface area contributed by atoms with Gasteiger partial charge in [-0.3, -0.25) is 14.2 Å². The molecule has 0 radical (unpaired) electrons. The molecule has 0 fully saturated rings. The molecule has 0 aliphatic heterocycles. The number of rotatable bonds is 5. The van der Waals surface area contributed by atoms with Crippen molar-refractivity contribution >= 4 is 45.3 Å². The molecule has 0 bridgehead atoms. The zero-order chi connectivity index (χ0) is 23.8. The van der Waals surface area contributed by atoms with Gasteiger partial charge in [0.1, 0.15) is 11.0 Å². The summed E-state index contributed by atoms with van der Waals surface area (Å²) in [6.45, 7) is 6.02. The molecule has 5 aromatic rings. The van der Waals surface area contributed by atoms with Crippen LogP contribution in [0.1, 0.15) is 16.7 Å². The molecule has 0 saturated heterocycles. The lowest BCUT2D eigenvalue weighted by Crippen LogP contribution is -2.23. The molecule has 170 valence electrons. The number of H-pyrrole nitrogens is 1. The third-order valence-corrected chi connectivity index (χ3v) is 6.72. The Labute approximate surface area is 201 Å². The van der Waals surface area contributed by atoms with Crippen molar-refractivity contribution in [3.8, 4) is 5.69 Å². The molecule has 0 spiro atoms. The summed E-state index contributed by atoms with van der Waals surface area (Å²) in [7, 11) is 0. The number of aromatic amines is 1. The van der Waals surface area contributed by atoms with E-state index in [1.165, 1.54) is 11.8 Å². The van der Waals surface area contributed by atoms with Gasteiger partial charge in [-0.25, -0.2) is 4.98 Å². The number of aromatic nitrogens is 3. The molecule has 3 aromatic carbocycles. The lowest BCUT2D eigenvalue weighted by Gasteiger charge is -2.14. The molecular formula is C27H24N4O2S. The second-order valence-electron chi connectivity index (χ2n) is 8.38. The van der Waals surface area contributed by atoms with Crippen molar-refractivity contribution in [3.63, 3.8) is 0 Å². The molecule has 2 aromatic heterocycles. The van der Waals surface area contributed by atoms with Gasteiger partial charge in [-0.05, 0) is 50.1 Å². The average molecular weight is 469 g/mol. The van der Waals surface area contributed by atoms with Crippen LogP contribution in [0.3, 0.4) is 0 Å². The third-order valence-electron chi connectivity index (χ3n) is 5.78. The van der Waals surface area contributed by atoms with E-state index in [2.05, 4.69) is 22.4 Å². The Morgan fingerprint density at radius 1 is 1.00 bits per heavy atom. The lowest BCUT2D eigenvalue weighted by molar-refractivity contribution is -0.113. The zero-order valence-corrected chi connectivity index (χ0v) is 20.0. The smallest absolute Gasteiger partial charge is 0.283 e. The van der Waals surface area contributed by atoms with Gasteiger partial charge in [0.25, 0.3) is 5.56 Å². The molecule has 0 saturated carbocycles. The topological polar surface area (TPSA) is 79.8 Å². The number of nitrogens with zero attached hydrogens (tertiary/aromatic N) is 2. The molecular weight excluding hydrogens is 444 g/mol. The first-order valence-electron chi connectivity index (χ1n) is 11.0. The number of carbonyl (C=O) groups is 1. The van der Waals surface area contributed by atoms with Crippen molar-refractivity contribution < 1.29 is 4.79 Å². The first kappa shape index (κ1) is 22.0. The van der Waals surface area contributed by atoms with Gasteiger partial charge in [0.05, 0.1) is 11.4 Å². The Kier molecular flexibility index (Phi) is 5.71. The minimum atomic E-state index is -0.194. The molecule has 1 amide bonds. The Morgan fingerprint density at radius 3 is 2.41 bits per heavy atom.